The highest BCUT2D eigenvalue weighted by Gasteiger charge is 2.15. The number of ether oxygens (including phenoxy) is 2. The van der Waals surface area contributed by atoms with Crippen LogP contribution in [0.15, 0.2) is 53.5 Å². The van der Waals surface area contributed by atoms with Crippen LogP contribution < -0.4 is 0 Å². The lowest BCUT2D eigenvalue weighted by Crippen LogP contribution is -2.15. The average Bonchev–Trinajstić information content (AvgIpc) is 2.64. The number of carbonyl (C=O) groups excluding carboxylic acids is 2. The lowest BCUT2D eigenvalue weighted by Gasteiger charge is -2.08. The van der Waals surface area contributed by atoms with Gasteiger partial charge in [-0.2, -0.15) is 4.99 Å². The molecule has 0 aliphatic heterocycles. The number of hydrogen-bond acceptors (Lipinski definition) is 5. The lowest BCUT2D eigenvalue weighted by molar-refractivity contribution is -0.139. The molecular formula is C19H18FNO5. The highest BCUT2D eigenvalue weighted by molar-refractivity contribution is 6.04. The quantitative estimate of drug-likeness (QED) is 0.631. The number of methoxy groups -OCH3 is 1. The van der Waals surface area contributed by atoms with E-state index >= 15 is 0 Å². The van der Waals surface area contributed by atoms with Gasteiger partial charge in [0.15, 0.2) is 11.6 Å². The minimum Gasteiger partial charge on any atom is -0.505 e. The van der Waals surface area contributed by atoms with E-state index in [-0.39, 0.29) is 30.7 Å². The van der Waals surface area contributed by atoms with Crippen molar-refractivity contribution in [3.8, 4) is 5.75 Å². The molecule has 0 heterocycles. The van der Waals surface area contributed by atoms with Crippen molar-refractivity contribution in [1.82, 2.24) is 0 Å². The van der Waals surface area contributed by atoms with E-state index in [1.165, 1.54) is 25.3 Å². The molecule has 0 bridgehead atoms. The normalized spacial score (nSPS) is 11.1. The van der Waals surface area contributed by atoms with Gasteiger partial charge in [-0.15, -0.1) is 0 Å². The molecule has 0 unspecified atom stereocenters. The highest BCUT2D eigenvalue weighted by Crippen LogP contribution is 2.20. The summed E-state index contributed by atoms with van der Waals surface area (Å²) in [6.07, 6.45) is -1.34. The number of phenols is 1. The van der Waals surface area contributed by atoms with Crippen molar-refractivity contribution in [2.75, 3.05) is 7.11 Å². The van der Waals surface area contributed by atoms with Gasteiger partial charge in [0.05, 0.1) is 13.5 Å². The fourth-order valence-corrected chi connectivity index (χ4v) is 2.18. The van der Waals surface area contributed by atoms with Crippen molar-refractivity contribution in [3.05, 3.63) is 65.5 Å². The van der Waals surface area contributed by atoms with Gasteiger partial charge in [0, 0.05) is 12.1 Å². The highest BCUT2D eigenvalue weighted by atomic mass is 19.1. The Hall–Kier alpha value is -3.22. The van der Waals surface area contributed by atoms with Crippen LogP contribution in [-0.4, -0.2) is 30.0 Å². The molecule has 1 N–H and O–H groups in total. The Morgan fingerprint density at radius 1 is 1.12 bits per heavy atom. The first-order valence-electron chi connectivity index (χ1n) is 7.80. The van der Waals surface area contributed by atoms with Gasteiger partial charge in [-0.25, -0.2) is 9.18 Å². The molecule has 0 aromatic heterocycles. The van der Waals surface area contributed by atoms with Gasteiger partial charge in [-0.05, 0) is 17.2 Å². The minimum absolute atomic E-state index is 0.0230. The largest absolute Gasteiger partial charge is 0.505 e. The molecule has 0 saturated carbocycles. The number of phenolic OH excluding ortho intramolecular Hbond substituents is 1. The van der Waals surface area contributed by atoms with E-state index in [1.54, 1.807) is 24.3 Å². The maximum atomic E-state index is 14.0. The second kappa shape index (κ2) is 9.31. The zero-order valence-electron chi connectivity index (χ0n) is 14.1. The molecule has 2 rings (SSSR count). The van der Waals surface area contributed by atoms with Crippen LogP contribution in [0.3, 0.4) is 0 Å². The Bertz CT molecular complexity index is 805. The number of aliphatic imine (C=N–C) groups is 1. The number of carbonyl (C=O) groups is 2. The Kier molecular flexibility index (Phi) is 6.84. The third-order valence-corrected chi connectivity index (χ3v) is 3.48. The molecule has 0 saturated heterocycles. The molecule has 0 spiro atoms. The third kappa shape index (κ3) is 5.70. The molecule has 2 aromatic rings. The summed E-state index contributed by atoms with van der Waals surface area (Å²) < 4.78 is 23.6. The fraction of sp³-hybridized carbons (Fsp3) is 0.211. The molecular weight excluding hydrogens is 341 g/mol. The van der Waals surface area contributed by atoms with Gasteiger partial charge in [0.25, 0.3) is 0 Å². The Balaban J connectivity index is 2.12. The number of esters is 1. The van der Waals surface area contributed by atoms with Gasteiger partial charge in [-0.3, -0.25) is 4.79 Å². The second-order valence-electron chi connectivity index (χ2n) is 5.40. The molecule has 0 aliphatic rings. The summed E-state index contributed by atoms with van der Waals surface area (Å²) in [7, 11) is 1.20. The Morgan fingerprint density at radius 3 is 2.54 bits per heavy atom. The van der Waals surface area contributed by atoms with Crippen LogP contribution in [0.2, 0.25) is 0 Å². The summed E-state index contributed by atoms with van der Waals surface area (Å²) in [6, 6.07) is 13.1. The van der Waals surface area contributed by atoms with Crippen LogP contribution in [0.5, 0.6) is 5.75 Å². The molecule has 0 atom stereocenters. The Morgan fingerprint density at radius 2 is 1.85 bits per heavy atom. The molecule has 7 heteroatoms. The minimum atomic E-state index is -0.895. The first-order chi connectivity index (χ1) is 12.5. The van der Waals surface area contributed by atoms with E-state index in [2.05, 4.69) is 9.73 Å². The van der Waals surface area contributed by atoms with Crippen molar-refractivity contribution in [2.45, 2.75) is 19.4 Å². The maximum Gasteiger partial charge on any atom is 0.433 e. The van der Waals surface area contributed by atoms with E-state index in [1.807, 2.05) is 6.07 Å². The van der Waals surface area contributed by atoms with E-state index in [0.717, 1.165) is 5.56 Å². The van der Waals surface area contributed by atoms with Gasteiger partial charge in [0.1, 0.15) is 6.61 Å². The summed E-state index contributed by atoms with van der Waals surface area (Å²) >= 11 is 0. The number of nitrogens with zero attached hydrogens (tertiary/aromatic N) is 1. The molecule has 26 heavy (non-hydrogen) atoms. The molecule has 2 aromatic carbocycles. The Labute approximate surface area is 149 Å². The zero-order chi connectivity index (χ0) is 18.9. The zero-order valence-corrected chi connectivity index (χ0v) is 14.1. The summed E-state index contributed by atoms with van der Waals surface area (Å²) in [5.74, 6) is -1.98. The van der Waals surface area contributed by atoms with Gasteiger partial charge in [0.2, 0.25) is 0 Å². The number of amides is 1. The first kappa shape index (κ1) is 19.1. The molecule has 6 nitrogen and oxygen atoms in total. The topological polar surface area (TPSA) is 85.2 Å². The number of benzene rings is 2. The van der Waals surface area contributed by atoms with E-state index < -0.39 is 23.6 Å². The number of rotatable bonds is 6. The predicted octanol–water partition coefficient (Wildman–Crippen LogP) is 3.41. The average molecular weight is 359 g/mol. The molecule has 136 valence electrons. The number of aromatic hydroxyl groups is 1. The molecule has 0 aliphatic carbocycles. The summed E-state index contributed by atoms with van der Waals surface area (Å²) in [5, 5.41) is 9.44. The van der Waals surface area contributed by atoms with Crippen LogP contribution >= 0.6 is 0 Å². The monoisotopic (exact) mass is 359 g/mol. The van der Waals surface area contributed by atoms with Crippen molar-refractivity contribution < 1.29 is 28.6 Å². The van der Waals surface area contributed by atoms with E-state index in [4.69, 9.17) is 4.74 Å². The van der Waals surface area contributed by atoms with Crippen LogP contribution in [-0.2, 0) is 27.3 Å². The van der Waals surface area contributed by atoms with Gasteiger partial charge >= 0.3 is 12.1 Å². The summed E-state index contributed by atoms with van der Waals surface area (Å²) in [6.45, 7) is 0.0230. The maximum absolute atomic E-state index is 14.0. The molecule has 1 amide bonds. The lowest BCUT2D eigenvalue weighted by atomic mass is 10.1. The van der Waals surface area contributed by atoms with Crippen molar-refractivity contribution in [2.24, 2.45) is 4.99 Å². The number of halogens is 1. The fourth-order valence-electron chi connectivity index (χ4n) is 2.18. The van der Waals surface area contributed by atoms with Crippen molar-refractivity contribution in [1.29, 1.82) is 0 Å². The SMILES string of the molecule is COC(=O)CC(Cc1cccc(O)c1F)=NC(=O)OCc1ccccc1. The van der Waals surface area contributed by atoms with Crippen molar-refractivity contribution in [3.63, 3.8) is 0 Å². The first-order valence-corrected chi connectivity index (χ1v) is 7.80. The summed E-state index contributed by atoms with van der Waals surface area (Å²) in [5.41, 5.74) is 0.951. The van der Waals surface area contributed by atoms with Gasteiger partial charge < -0.3 is 14.6 Å². The van der Waals surface area contributed by atoms with Crippen LogP contribution in [0.1, 0.15) is 17.5 Å². The molecule has 0 radical (unpaired) electrons. The predicted molar refractivity (Wildman–Crippen MR) is 92.5 cm³/mol. The van der Waals surface area contributed by atoms with Crippen LogP contribution in [0, 0.1) is 5.82 Å². The number of hydrogen-bond donors (Lipinski definition) is 1. The van der Waals surface area contributed by atoms with E-state index in [9.17, 15) is 19.1 Å². The molecule has 0 fully saturated rings. The van der Waals surface area contributed by atoms with Gasteiger partial charge in [-0.1, -0.05) is 42.5 Å². The van der Waals surface area contributed by atoms with Crippen molar-refractivity contribution >= 4 is 17.8 Å². The summed E-state index contributed by atoms with van der Waals surface area (Å²) in [4.78, 5) is 27.2. The second-order valence-corrected chi connectivity index (χ2v) is 5.40. The smallest absolute Gasteiger partial charge is 0.433 e. The standard InChI is InChI=1S/C19H18FNO5/c1-25-17(23)11-15(10-14-8-5-9-16(22)18(14)20)21-19(24)26-12-13-6-3-2-4-7-13/h2-9,22H,10-12H2,1H3. The third-order valence-electron chi connectivity index (χ3n) is 3.48. The van der Waals surface area contributed by atoms with E-state index in [0.29, 0.717) is 0 Å². The van der Waals surface area contributed by atoms with Crippen LogP contribution in [0.4, 0.5) is 9.18 Å². The van der Waals surface area contributed by atoms with Crippen LogP contribution in [0.25, 0.3) is 0 Å².